The Morgan fingerprint density at radius 3 is 2.29 bits per heavy atom. The molecule has 0 aromatic heterocycles. The number of rotatable bonds is 6. The third-order valence-electron chi connectivity index (χ3n) is 2.12. The minimum atomic E-state index is -0.227. The third-order valence-corrected chi connectivity index (χ3v) is 2.12. The topological polar surface area (TPSA) is 84.2 Å². The van der Waals surface area contributed by atoms with Crippen molar-refractivity contribution in [2.75, 3.05) is 13.1 Å². The van der Waals surface area contributed by atoms with Gasteiger partial charge in [0.05, 0.1) is 0 Å². The highest BCUT2D eigenvalue weighted by Crippen LogP contribution is 1.99. The van der Waals surface area contributed by atoms with Gasteiger partial charge < -0.3 is 16.4 Å². The maximum absolute atomic E-state index is 11.4. The fourth-order valence-corrected chi connectivity index (χ4v) is 1.27. The number of hydrogen-bond donors (Lipinski definition) is 3. The minimum absolute atomic E-state index is 0.0495. The molecule has 100 valence electrons. The van der Waals surface area contributed by atoms with Gasteiger partial charge in [0.25, 0.3) is 0 Å². The number of carbonyl (C=O) groups excluding carboxylic acids is 2. The number of carbonyl (C=O) groups is 2. The highest BCUT2D eigenvalue weighted by Gasteiger charge is 2.13. The molecule has 0 fully saturated rings. The molecule has 5 nitrogen and oxygen atoms in total. The summed E-state index contributed by atoms with van der Waals surface area (Å²) in [5.74, 6) is 0.0783. The van der Waals surface area contributed by atoms with E-state index in [0.29, 0.717) is 25.9 Å². The summed E-state index contributed by atoms with van der Waals surface area (Å²) in [6.45, 7) is 8.56. The van der Waals surface area contributed by atoms with Crippen LogP contribution in [0.5, 0.6) is 0 Å². The van der Waals surface area contributed by atoms with Crippen LogP contribution in [-0.2, 0) is 9.59 Å². The second-order valence-electron chi connectivity index (χ2n) is 5.44. The average molecular weight is 243 g/mol. The van der Waals surface area contributed by atoms with Crippen molar-refractivity contribution in [1.82, 2.24) is 10.6 Å². The Balaban J connectivity index is 3.70. The van der Waals surface area contributed by atoms with Crippen molar-refractivity contribution in [2.24, 2.45) is 11.7 Å². The summed E-state index contributed by atoms with van der Waals surface area (Å²) in [4.78, 5) is 22.8. The van der Waals surface area contributed by atoms with Crippen LogP contribution in [0.25, 0.3) is 0 Å². The van der Waals surface area contributed by atoms with Gasteiger partial charge in [0.15, 0.2) is 0 Å². The van der Waals surface area contributed by atoms with Gasteiger partial charge in [-0.3, -0.25) is 9.59 Å². The Bertz CT molecular complexity index is 259. The van der Waals surface area contributed by atoms with E-state index in [1.165, 1.54) is 0 Å². The van der Waals surface area contributed by atoms with Crippen molar-refractivity contribution < 1.29 is 9.59 Å². The molecule has 0 aliphatic carbocycles. The first-order valence-corrected chi connectivity index (χ1v) is 6.02. The largest absolute Gasteiger partial charge is 0.356 e. The number of nitrogens with two attached hydrogens (primary N) is 1. The first-order valence-electron chi connectivity index (χ1n) is 6.02. The zero-order valence-corrected chi connectivity index (χ0v) is 11.3. The second kappa shape index (κ2) is 7.27. The Kier molecular flexibility index (Phi) is 6.80. The molecular weight excluding hydrogens is 218 g/mol. The van der Waals surface area contributed by atoms with Crippen LogP contribution >= 0.6 is 0 Å². The van der Waals surface area contributed by atoms with E-state index in [4.69, 9.17) is 5.73 Å². The lowest BCUT2D eigenvalue weighted by Crippen LogP contribution is -2.42. The Hall–Kier alpha value is -1.10. The average Bonchev–Trinajstić information content (AvgIpc) is 2.14. The van der Waals surface area contributed by atoms with Crippen molar-refractivity contribution in [1.29, 1.82) is 0 Å². The van der Waals surface area contributed by atoms with E-state index in [0.717, 1.165) is 0 Å². The van der Waals surface area contributed by atoms with Gasteiger partial charge in [-0.2, -0.15) is 0 Å². The fraction of sp³-hybridized carbons (Fsp3) is 0.833. The van der Waals surface area contributed by atoms with Crippen LogP contribution in [0.1, 0.15) is 40.5 Å². The SMILES string of the molecule is CC(CN)CC(=O)NCCC(=O)NC(C)(C)C. The van der Waals surface area contributed by atoms with Gasteiger partial charge in [-0.1, -0.05) is 6.92 Å². The van der Waals surface area contributed by atoms with Crippen LogP contribution in [0, 0.1) is 5.92 Å². The summed E-state index contributed by atoms with van der Waals surface area (Å²) in [5.41, 5.74) is 5.20. The first kappa shape index (κ1) is 15.9. The molecular formula is C12H25N3O2. The number of nitrogens with one attached hydrogen (secondary N) is 2. The summed E-state index contributed by atoms with van der Waals surface area (Å²) >= 11 is 0. The van der Waals surface area contributed by atoms with E-state index in [-0.39, 0.29) is 23.3 Å². The Morgan fingerprint density at radius 2 is 1.82 bits per heavy atom. The van der Waals surface area contributed by atoms with Gasteiger partial charge in [0.2, 0.25) is 11.8 Å². The molecule has 2 amide bonds. The van der Waals surface area contributed by atoms with Crippen molar-refractivity contribution in [2.45, 2.75) is 46.1 Å². The molecule has 0 saturated heterocycles. The van der Waals surface area contributed by atoms with Crippen molar-refractivity contribution in [3.63, 3.8) is 0 Å². The maximum atomic E-state index is 11.4. The van der Waals surface area contributed by atoms with E-state index >= 15 is 0 Å². The molecule has 0 heterocycles. The zero-order chi connectivity index (χ0) is 13.5. The van der Waals surface area contributed by atoms with Gasteiger partial charge in [-0.15, -0.1) is 0 Å². The Labute approximate surface area is 104 Å². The predicted octanol–water partition coefficient (Wildman–Crippen LogP) is 0.392. The molecule has 0 rings (SSSR count). The highest BCUT2D eigenvalue weighted by atomic mass is 16.2. The van der Waals surface area contributed by atoms with Crippen LogP contribution in [0.4, 0.5) is 0 Å². The zero-order valence-electron chi connectivity index (χ0n) is 11.3. The summed E-state index contributed by atoms with van der Waals surface area (Å²) in [6, 6.07) is 0. The molecule has 0 saturated carbocycles. The molecule has 4 N–H and O–H groups in total. The molecule has 1 atom stereocenters. The van der Waals surface area contributed by atoms with E-state index in [1.54, 1.807) is 0 Å². The maximum Gasteiger partial charge on any atom is 0.222 e. The van der Waals surface area contributed by atoms with Crippen LogP contribution < -0.4 is 16.4 Å². The van der Waals surface area contributed by atoms with Gasteiger partial charge in [0.1, 0.15) is 0 Å². The summed E-state index contributed by atoms with van der Waals surface area (Å²) in [6.07, 6.45) is 0.720. The highest BCUT2D eigenvalue weighted by molar-refractivity contribution is 5.79. The monoisotopic (exact) mass is 243 g/mol. The van der Waals surface area contributed by atoms with Crippen LogP contribution in [-0.4, -0.2) is 30.4 Å². The molecule has 0 aliphatic rings. The van der Waals surface area contributed by atoms with Crippen molar-refractivity contribution in [3.05, 3.63) is 0 Å². The molecule has 0 aliphatic heterocycles. The van der Waals surface area contributed by atoms with Gasteiger partial charge in [0, 0.05) is 24.9 Å². The van der Waals surface area contributed by atoms with E-state index in [1.807, 2.05) is 27.7 Å². The normalized spacial score (nSPS) is 13.0. The molecule has 0 aromatic carbocycles. The van der Waals surface area contributed by atoms with Gasteiger partial charge >= 0.3 is 0 Å². The number of amides is 2. The molecule has 0 aromatic rings. The number of hydrogen-bond acceptors (Lipinski definition) is 3. The van der Waals surface area contributed by atoms with Crippen molar-refractivity contribution in [3.8, 4) is 0 Å². The quantitative estimate of drug-likeness (QED) is 0.631. The lowest BCUT2D eigenvalue weighted by molar-refractivity contribution is -0.123. The lowest BCUT2D eigenvalue weighted by atomic mass is 10.1. The van der Waals surface area contributed by atoms with E-state index < -0.39 is 0 Å². The molecule has 0 spiro atoms. The standard InChI is InChI=1S/C12H25N3O2/c1-9(8-13)7-11(17)14-6-5-10(16)15-12(2,3)4/h9H,5-8,13H2,1-4H3,(H,14,17)(H,15,16). The summed E-state index contributed by atoms with van der Waals surface area (Å²) in [7, 11) is 0. The van der Waals surface area contributed by atoms with Crippen LogP contribution in [0.3, 0.4) is 0 Å². The lowest BCUT2D eigenvalue weighted by Gasteiger charge is -2.20. The predicted molar refractivity (Wildman–Crippen MR) is 68.4 cm³/mol. The van der Waals surface area contributed by atoms with Gasteiger partial charge in [-0.25, -0.2) is 0 Å². The first-order chi connectivity index (χ1) is 7.74. The van der Waals surface area contributed by atoms with Gasteiger partial charge in [-0.05, 0) is 33.2 Å². The van der Waals surface area contributed by atoms with Crippen LogP contribution in [0.15, 0.2) is 0 Å². The third kappa shape index (κ3) is 9.81. The molecule has 0 bridgehead atoms. The summed E-state index contributed by atoms with van der Waals surface area (Å²) < 4.78 is 0. The smallest absolute Gasteiger partial charge is 0.222 e. The Morgan fingerprint density at radius 1 is 1.24 bits per heavy atom. The molecule has 5 heteroatoms. The van der Waals surface area contributed by atoms with E-state index in [9.17, 15) is 9.59 Å². The molecule has 0 radical (unpaired) electrons. The van der Waals surface area contributed by atoms with Crippen molar-refractivity contribution >= 4 is 11.8 Å². The second-order valence-corrected chi connectivity index (χ2v) is 5.44. The van der Waals surface area contributed by atoms with Crippen LogP contribution in [0.2, 0.25) is 0 Å². The fourth-order valence-electron chi connectivity index (χ4n) is 1.27. The summed E-state index contributed by atoms with van der Waals surface area (Å²) in [5, 5.41) is 5.54. The molecule has 1 unspecified atom stereocenters. The van der Waals surface area contributed by atoms with E-state index in [2.05, 4.69) is 10.6 Å². The minimum Gasteiger partial charge on any atom is -0.356 e. The molecule has 17 heavy (non-hydrogen) atoms.